The topological polar surface area (TPSA) is 21.3 Å². The first kappa shape index (κ1) is 15.4. The number of hydrogen-bond acceptors (Lipinski definition) is 2. The molecule has 0 heterocycles. The third-order valence-electron chi connectivity index (χ3n) is 3.19. The van der Waals surface area contributed by atoms with Crippen molar-refractivity contribution in [1.29, 1.82) is 0 Å². The predicted octanol–water partition coefficient (Wildman–Crippen LogP) is 4.96. The number of halogens is 2. The lowest BCUT2D eigenvalue weighted by Gasteiger charge is -2.15. The number of benzene rings is 2. The van der Waals surface area contributed by atoms with Crippen molar-refractivity contribution in [2.24, 2.45) is 0 Å². The van der Waals surface area contributed by atoms with E-state index in [2.05, 4.69) is 40.3 Å². The van der Waals surface area contributed by atoms with E-state index in [1.54, 1.807) is 7.11 Å². The summed E-state index contributed by atoms with van der Waals surface area (Å²) in [7, 11) is 1.68. The number of methoxy groups -OCH3 is 1. The molecule has 0 fully saturated rings. The first-order valence-corrected chi connectivity index (χ1v) is 7.58. The van der Waals surface area contributed by atoms with Crippen molar-refractivity contribution in [3.8, 4) is 5.75 Å². The summed E-state index contributed by atoms with van der Waals surface area (Å²) in [6.07, 6.45) is 0. The maximum Gasteiger partial charge on any atom is 0.119 e. The average Bonchev–Trinajstić information content (AvgIpc) is 2.48. The fourth-order valence-electron chi connectivity index (χ4n) is 1.95. The number of hydrogen-bond donors (Lipinski definition) is 1. The van der Waals surface area contributed by atoms with Gasteiger partial charge in [-0.3, -0.25) is 0 Å². The van der Waals surface area contributed by atoms with E-state index < -0.39 is 0 Å². The van der Waals surface area contributed by atoms with E-state index in [1.807, 2.05) is 30.3 Å². The zero-order valence-electron chi connectivity index (χ0n) is 11.5. The second-order valence-electron chi connectivity index (χ2n) is 4.63. The standard InChI is InChI=1S/C16H17BrClNO/c1-11(13-4-3-5-14(9-13)20-2)19-10-12-6-7-16(18)15(17)8-12/h3-9,11,19H,10H2,1-2H3/t11-/m0/s1. The molecule has 4 heteroatoms. The molecular weight excluding hydrogens is 338 g/mol. The monoisotopic (exact) mass is 353 g/mol. The van der Waals surface area contributed by atoms with Crippen LogP contribution >= 0.6 is 27.5 Å². The van der Waals surface area contributed by atoms with Crippen molar-refractivity contribution in [1.82, 2.24) is 5.32 Å². The molecule has 2 rings (SSSR count). The lowest BCUT2D eigenvalue weighted by molar-refractivity contribution is 0.413. The lowest BCUT2D eigenvalue weighted by atomic mass is 10.1. The number of rotatable bonds is 5. The highest BCUT2D eigenvalue weighted by atomic mass is 79.9. The van der Waals surface area contributed by atoms with Gasteiger partial charge in [0.25, 0.3) is 0 Å². The van der Waals surface area contributed by atoms with E-state index in [0.717, 1.165) is 21.8 Å². The highest BCUT2D eigenvalue weighted by Gasteiger charge is 2.06. The van der Waals surface area contributed by atoms with Gasteiger partial charge in [0.2, 0.25) is 0 Å². The molecule has 0 aliphatic rings. The highest BCUT2D eigenvalue weighted by Crippen LogP contribution is 2.24. The Hall–Kier alpha value is -1.03. The molecule has 0 aliphatic heterocycles. The third kappa shape index (κ3) is 3.98. The van der Waals surface area contributed by atoms with Crippen LogP contribution in [-0.2, 0) is 6.54 Å². The summed E-state index contributed by atoms with van der Waals surface area (Å²) in [4.78, 5) is 0. The van der Waals surface area contributed by atoms with Crippen molar-refractivity contribution >= 4 is 27.5 Å². The van der Waals surface area contributed by atoms with Crippen LogP contribution < -0.4 is 10.1 Å². The largest absolute Gasteiger partial charge is 0.497 e. The minimum Gasteiger partial charge on any atom is -0.497 e. The van der Waals surface area contributed by atoms with E-state index in [-0.39, 0.29) is 6.04 Å². The van der Waals surface area contributed by atoms with Crippen LogP contribution in [0.3, 0.4) is 0 Å². The van der Waals surface area contributed by atoms with Crippen LogP contribution in [0.5, 0.6) is 5.75 Å². The van der Waals surface area contributed by atoms with Gasteiger partial charge in [0.05, 0.1) is 12.1 Å². The first-order valence-electron chi connectivity index (χ1n) is 6.41. The Kier molecular flexibility index (Phi) is 5.46. The summed E-state index contributed by atoms with van der Waals surface area (Å²) >= 11 is 9.43. The summed E-state index contributed by atoms with van der Waals surface area (Å²) in [5.74, 6) is 0.880. The maximum absolute atomic E-state index is 5.99. The van der Waals surface area contributed by atoms with Crippen LogP contribution in [0, 0.1) is 0 Å². The predicted molar refractivity (Wildman–Crippen MR) is 87.4 cm³/mol. The summed E-state index contributed by atoms with van der Waals surface area (Å²) in [6, 6.07) is 14.3. The first-order chi connectivity index (χ1) is 9.60. The molecule has 1 atom stereocenters. The molecule has 0 spiro atoms. The lowest BCUT2D eigenvalue weighted by Crippen LogP contribution is -2.18. The van der Waals surface area contributed by atoms with Crippen molar-refractivity contribution in [3.05, 3.63) is 63.1 Å². The Morgan fingerprint density at radius 2 is 2.05 bits per heavy atom. The van der Waals surface area contributed by atoms with Gasteiger partial charge in [-0.2, -0.15) is 0 Å². The molecule has 0 aliphatic carbocycles. The molecule has 106 valence electrons. The molecule has 2 aromatic rings. The Morgan fingerprint density at radius 3 is 2.75 bits per heavy atom. The minimum absolute atomic E-state index is 0.250. The number of ether oxygens (including phenoxy) is 1. The Labute approximate surface area is 133 Å². The minimum atomic E-state index is 0.250. The van der Waals surface area contributed by atoms with E-state index >= 15 is 0 Å². The van der Waals surface area contributed by atoms with Gasteiger partial charge in [0.1, 0.15) is 5.75 Å². The van der Waals surface area contributed by atoms with Gasteiger partial charge in [-0.25, -0.2) is 0 Å². The quantitative estimate of drug-likeness (QED) is 0.819. The van der Waals surface area contributed by atoms with E-state index in [0.29, 0.717) is 0 Å². The van der Waals surface area contributed by atoms with Gasteiger partial charge in [-0.15, -0.1) is 0 Å². The van der Waals surface area contributed by atoms with Gasteiger partial charge < -0.3 is 10.1 Å². The number of nitrogens with one attached hydrogen (secondary N) is 1. The third-order valence-corrected chi connectivity index (χ3v) is 4.40. The van der Waals surface area contributed by atoms with E-state index in [4.69, 9.17) is 16.3 Å². The Bertz CT molecular complexity index is 588. The van der Waals surface area contributed by atoms with Crippen molar-refractivity contribution < 1.29 is 4.74 Å². The molecule has 2 nitrogen and oxygen atoms in total. The molecular formula is C16H17BrClNO. The van der Waals surface area contributed by atoms with Crippen LogP contribution in [0.4, 0.5) is 0 Å². The summed E-state index contributed by atoms with van der Waals surface area (Å²) in [5.41, 5.74) is 2.40. The van der Waals surface area contributed by atoms with Gasteiger partial charge >= 0.3 is 0 Å². The molecule has 0 saturated heterocycles. The molecule has 2 aromatic carbocycles. The van der Waals surface area contributed by atoms with Gasteiger partial charge in [0, 0.05) is 17.1 Å². The van der Waals surface area contributed by atoms with Gasteiger partial charge in [0.15, 0.2) is 0 Å². The van der Waals surface area contributed by atoms with Crippen LogP contribution in [0.25, 0.3) is 0 Å². The Balaban J connectivity index is 2.00. The van der Waals surface area contributed by atoms with E-state index in [9.17, 15) is 0 Å². The molecule has 0 unspecified atom stereocenters. The SMILES string of the molecule is COc1cccc([C@H](C)NCc2ccc(Cl)c(Br)c2)c1. The second kappa shape index (κ2) is 7.11. The second-order valence-corrected chi connectivity index (χ2v) is 5.89. The summed E-state index contributed by atoms with van der Waals surface area (Å²) in [6.45, 7) is 2.92. The molecule has 0 saturated carbocycles. The summed E-state index contributed by atoms with van der Waals surface area (Å²) in [5, 5.41) is 4.22. The smallest absolute Gasteiger partial charge is 0.119 e. The Morgan fingerprint density at radius 1 is 1.25 bits per heavy atom. The van der Waals surface area contributed by atoms with Gasteiger partial charge in [-0.1, -0.05) is 29.8 Å². The zero-order chi connectivity index (χ0) is 14.5. The van der Waals surface area contributed by atoms with Crippen molar-refractivity contribution in [2.45, 2.75) is 19.5 Å². The molecule has 1 N–H and O–H groups in total. The molecule has 0 bridgehead atoms. The zero-order valence-corrected chi connectivity index (χ0v) is 13.8. The molecule has 20 heavy (non-hydrogen) atoms. The van der Waals surface area contributed by atoms with Crippen LogP contribution in [0.15, 0.2) is 46.9 Å². The van der Waals surface area contributed by atoms with Crippen molar-refractivity contribution in [2.75, 3.05) is 7.11 Å². The summed E-state index contributed by atoms with van der Waals surface area (Å²) < 4.78 is 6.17. The van der Waals surface area contributed by atoms with Crippen molar-refractivity contribution in [3.63, 3.8) is 0 Å². The van der Waals surface area contributed by atoms with Crippen LogP contribution in [0.1, 0.15) is 24.1 Å². The van der Waals surface area contributed by atoms with Crippen LogP contribution in [0.2, 0.25) is 5.02 Å². The normalized spacial score (nSPS) is 12.2. The maximum atomic E-state index is 5.99. The fourth-order valence-corrected chi connectivity index (χ4v) is 2.49. The molecule has 0 amide bonds. The molecule has 0 radical (unpaired) electrons. The molecule has 0 aromatic heterocycles. The van der Waals surface area contributed by atoms with Crippen LogP contribution in [-0.4, -0.2) is 7.11 Å². The van der Waals surface area contributed by atoms with Gasteiger partial charge in [-0.05, 0) is 58.2 Å². The van der Waals surface area contributed by atoms with E-state index in [1.165, 1.54) is 11.1 Å². The average molecular weight is 355 g/mol. The highest BCUT2D eigenvalue weighted by molar-refractivity contribution is 9.10. The fraction of sp³-hybridized carbons (Fsp3) is 0.250.